The molecule has 0 aliphatic rings. The van der Waals surface area contributed by atoms with Gasteiger partial charge in [-0.2, -0.15) is 0 Å². The number of benzene rings is 2. The van der Waals surface area contributed by atoms with Crippen LogP contribution in [0.25, 0.3) is 16.7 Å². The van der Waals surface area contributed by atoms with Crippen LogP contribution in [0.15, 0.2) is 36.4 Å². The SMILES string of the molecule is CN(C)c1ccc(-n2c(N)nc3cc(F)c(Cl)cc32)cc1. The lowest BCUT2D eigenvalue weighted by molar-refractivity contribution is 0.630. The van der Waals surface area contributed by atoms with E-state index < -0.39 is 5.82 Å². The molecule has 0 fully saturated rings. The summed E-state index contributed by atoms with van der Waals surface area (Å²) in [4.78, 5) is 6.19. The maximum Gasteiger partial charge on any atom is 0.205 e. The summed E-state index contributed by atoms with van der Waals surface area (Å²) < 4.78 is 15.3. The van der Waals surface area contributed by atoms with Crippen molar-refractivity contribution in [3.05, 3.63) is 47.2 Å². The average Bonchev–Trinajstić information content (AvgIpc) is 2.75. The highest BCUT2D eigenvalue weighted by atomic mass is 35.5. The van der Waals surface area contributed by atoms with Crippen molar-refractivity contribution in [3.8, 4) is 5.69 Å². The third-order valence-electron chi connectivity index (χ3n) is 3.35. The Morgan fingerprint density at radius 2 is 1.86 bits per heavy atom. The van der Waals surface area contributed by atoms with Gasteiger partial charge in [-0.3, -0.25) is 4.57 Å². The van der Waals surface area contributed by atoms with Gasteiger partial charge in [0.1, 0.15) is 5.82 Å². The van der Waals surface area contributed by atoms with E-state index in [-0.39, 0.29) is 5.02 Å². The zero-order chi connectivity index (χ0) is 15.1. The highest BCUT2D eigenvalue weighted by Gasteiger charge is 2.13. The number of fused-ring (bicyclic) bond motifs is 1. The first-order chi connectivity index (χ1) is 9.97. The third kappa shape index (κ3) is 2.29. The van der Waals surface area contributed by atoms with E-state index in [9.17, 15) is 4.39 Å². The summed E-state index contributed by atoms with van der Waals surface area (Å²) in [7, 11) is 3.94. The quantitative estimate of drug-likeness (QED) is 0.788. The van der Waals surface area contributed by atoms with Crippen LogP contribution in [0, 0.1) is 5.82 Å². The van der Waals surface area contributed by atoms with Crippen molar-refractivity contribution in [2.75, 3.05) is 24.7 Å². The largest absolute Gasteiger partial charge is 0.378 e. The summed E-state index contributed by atoms with van der Waals surface area (Å²) in [5.74, 6) is -0.207. The van der Waals surface area contributed by atoms with E-state index in [1.54, 1.807) is 4.57 Å². The van der Waals surface area contributed by atoms with Gasteiger partial charge >= 0.3 is 0 Å². The number of aromatic nitrogens is 2. The molecular weight excluding hydrogens is 291 g/mol. The van der Waals surface area contributed by atoms with Crippen LogP contribution in [-0.2, 0) is 0 Å². The average molecular weight is 305 g/mol. The zero-order valence-corrected chi connectivity index (χ0v) is 12.4. The van der Waals surface area contributed by atoms with Crippen molar-refractivity contribution in [2.45, 2.75) is 0 Å². The molecule has 3 aromatic rings. The molecule has 0 aliphatic carbocycles. The monoisotopic (exact) mass is 304 g/mol. The zero-order valence-electron chi connectivity index (χ0n) is 11.6. The number of imidazole rings is 1. The fourth-order valence-corrected chi connectivity index (χ4v) is 2.42. The van der Waals surface area contributed by atoms with Crippen LogP contribution in [-0.4, -0.2) is 23.6 Å². The van der Waals surface area contributed by atoms with E-state index >= 15 is 0 Å². The maximum absolute atomic E-state index is 13.5. The van der Waals surface area contributed by atoms with Crippen LogP contribution in [0.4, 0.5) is 16.0 Å². The van der Waals surface area contributed by atoms with Crippen molar-refractivity contribution in [3.63, 3.8) is 0 Å². The predicted octanol–water partition coefficient (Wildman–Crippen LogP) is 3.47. The second kappa shape index (κ2) is 4.93. The molecule has 1 aromatic heterocycles. The van der Waals surface area contributed by atoms with Gasteiger partial charge < -0.3 is 10.6 Å². The molecule has 4 nitrogen and oxygen atoms in total. The Balaban J connectivity index is 2.19. The molecule has 6 heteroatoms. The Labute approximate surface area is 126 Å². The Kier molecular flexibility index (Phi) is 3.22. The molecule has 0 unspecified atom stereocenters. The van der Waals surface area contributed by atoms with Crippen molar-refractivity contribution in [1.82, 2.24) is 9.55 Å². The molecule has 0 radical (unpaired) electrons. The number of hydrogen-bond acceptors (Lipinski definition) is 3. The number of nitrogens with zero attached hydrogens (tertiary/aromatic N) is 3. The Morgan fingerprint density at radius 1 is 1.19 bits per heavy atom. The first-order valence-corrected chi connectivity index (χ1v) is 6.76. The molecule has 2 aromatic carbocycles. The van der Waals surface area contributed by atoms with Crippen LogP contribution in [0.1, 0.15) is 0 Å². The number of nitrogen functional groups attached to an aromatic ring is 1. The van der Waals surface area contributed by atoms with Crippen molar-refractivity contribution in [2.24, 2.45) is 0 Å². The van der Waals surface area contributed by atoms with Crippen LogP contribution >= 0.6 is 11.6 Å². The first-order valence-electron chi connectivity index (χ1n) is 6.38. The predicted molar refractivity (Wildman–Crippen MR) is 84.8 cm³/mol. The van der Waals surface area contributed by atoms with Gasteiger partial charge in [0, 0.05) is 31.5 Å². The molecule has 3 rings (SSSR count). The van der Waals surface area contributed by atoms with Crippen molar-refractivity contribution >= 4 is 34.3 Å². The second-order valence-electron chi connectivity index (χ2n) is 4.97. The molecule has 0 atom stereocenters. The molecule has 0 bridgehead atoms. The van der Waals surface area contributed by atoms with E-state index in [0.29, 0.717) is 17.0 Å². The smallest absolute Gasteiger partial charge is 0.205 e. The number of rotatable bonds is 2. The summed E-state index contributed by atoms with van der Waals surface area (Å²) in [5, 5.41) is 0.0496. The highest BCUT2D eigenvalue weighted by molar-refractivity contribution is 6.31. The van der Waals surface area contributed by atoms with Gasteiger partial charge in [-0.15, -0.1) is 0 Å². The molecule has 0 spiro atoms. The third-order valence-corrected chi connectivity index (χ3v) is 3.64. The van der Waals surface area contributed by atoms with Crippen molar-refractivity contribution in [1.29, 1.82) is 0 Å². The van der Waals surface area contributed by atoms with Gasteiger partial charge in [0.15, 0.2) is 0 Å². The second-order valence-corrected chi connectivity index (χ2v) is 5.38. The minimum atomic E-state index is -0.503. The van der Waals surface area contributed by atoms with Gasteiger partial charge in [0.2, 0.25) is 5.95 Å². The maximum atomic E-state index is 13.5. The summed E-state index contributed by atoms with van der Waals surface area (Å²) in [5.41, 5.74) is 9.04. The molecular formula is C15H14ClFN4. The number of nitrogens with two attached hydrogens (primary N) is 1. The molecule has 0 amide bonds. The Morgan fingerprint density at radius 3 is 2.48 bits per heavy atom. The van der Waals surface area contributed by atoms with Gasteiger partial charge in [-0.05, 0) is 30.3 Å². The van der Waals surface area contributed by atoms with Crippen LogP contribution in [0.5, 0.6) is 0 Å². The van der Waals surface area contributed by atoms with Crippen LogP contribution in [0.3, 0.4) is 0 Å². The van der Waals surface area contributed by atoms with Crippen LogP contribution in [0.2, 0.25) is 5.02 Å². The van der Waals surface area contributed by atoms with Gasteiger partial charge in [0.25, 0.3) is 0 Å². The standard InChI is InChI=1S/C15H14ClFN4/c1-20(2)9-3-5-10(6-4-9)21-14-7-11(16)12(17)8-13(14)19-15(21)18/h3-8H,1-2H3,(H2,18,19). The topological polar surface area (TPSA) is 47.1 Å². The number of halogens is 2. The lowest BCUT2D eigenvalue weighted by atomic mass is 10.2. The minimum Gasteiger partial charge on any atom is -0.378 e. The molecule has 21 heavy (non-hydrogen) atoms. The normalized spacial score (nSPS) is 11.0. The summed E-state index contributed by atoms with van der Waals surface area (Å²) in [6.07, 6.45) is 0. The molecule has 2 N–H and O–H groups in total. The lowest BCUT2D eigenvalue weighted by Gasteiger charge is -2.13. The highest BCUT2D eigenvalue weighted by Crippen LogP contribution is 2.28. The minimum absolute atomic E-state index is 0.0496. The fraction of sp³-hybridized carbons (Fsp3) is 0.133. The summed E-state index contributed by atoms with van der Waals surface area (Å²) in [6.45, 7) is 0. The first kappa shape index (κ1) is 13.7. The Bertz CT molecular complexity index is 809. The van der Waals surface area contributed by atoms with Gasteiger partial charge in [-0.1, -0.05) is 11.6 Å². The molecule has 0 aliphatic heterocycles. The van der Waals surface area contributed by atoms with E-state index in [1.807, 2.05) is 43.3 Å². The lowest BCUT2D eigenvalue weighted by Crippen LogP contribution is -2.08. The van der Waals surface area contributed by atoms with E-state index in [1.165, 1.54) is 12.1 Å². The number of hydrogen-bond donors (Lipinski definition) is 1. The molecule has 1 heterocycles. The van der Waals surface area contributed by atoms with Crippen LogP contribution < -0.4 is 10.6 Å². The van der Waals surface area contributed by atoms with E-state index in [4.69, 9.17) is 17.3 Å². The number of anilines is 2. The van der Waals surface area contributed by atoms with Crippen molar-refractivity contribution < 1.29 is 4.39 Å². The molecule has 0 saturated carbocycles. The molecule has 0 saturated heterocycles. The van der Waals surface area contributed by atoms with E-state index in [2.05, 4.69) is 4.98 Å². The van der Waals surface area contributed by atoms with Gasteiger partial charge in [-0.25, -0.2) is 9.37 Å². The summed E-state index contributed by atoms with van der Waals surface area (Å²) in [6, 6.07) is 10.7. The fourth-order valence-electron chi connectivity index (χ4n) is 2.26. The Hall–Kier alpha value is -2.27. The van der Waals surface area contributed by atoms with E-state index in [0.717, 1.165) is 11.4 Å². The molecule has 108 valence electrons. The summed E-state index contributed by atoms with van der Waals surface area (Å²) >= 11 is 5.86. The van der Waals surface area contributed by atoms with Gasteiger partial charge in [0.05, 0.1) is 16.1 Å².